The summed E-state index contributed by atoms with van der Waals surface area (Å²) in [4.78, 5) is 36.0. The fraction of sp³-hybridized carbons (Fsp3) is 0.300. The van der Waals surface area contributed by atoms with Gasteiger partial charge in [0.2, 0.25) is 0 Å². The molecule has 2 aromatic rings. The number of ether oxygens (including phenoxy) is 1. The summed E-state index contributed by atoms with van der Waals surface area (Å²) in [5.41, 5.74) is 0.782. The molecule has 2 aromatic carbocycles. The monoisotopic (exact) mass is 384 g/mol. The molecule has 0 fully saturated rings. The van der Waals surface area contributed by atoms with E-state index in [2.05, 4.69) is 0 Å². The third-order valence-electron chi connectivity index (χ3n) is 4.53. The van der Waals surface area contributed by atoms with Gasteiger partial charge >= 0.3 is 0 Å². The lowest BCUT2D eigenvalue weighted by molar-refractivity contribution is -0.384. The van der Waals surface area contributed by atoms with E-state index >= 15 is 0 Å². The Morgan fingerprint density at radius 1 is 1.11 bits per heavy atom. The highest BCUT2D eigenvalue weighted by Gasteiger charge is 2.37. The van der Waals surface area contributed by atoms with Gasteiger partial charge in [0.1, 0.15) is 18.5 Å². The highest BCUT2D eigenvalue weighted by molar-refractivity contribution is 6.21. The topological polar surface area (TPSA) is 110 Å². The number of nitro groups is 1. The molecule has 0 aromatic heterocycles. The Balaban J connectivity index is 1.68. The van der Waals surface area contributed by atoms with E-state index in [4.69, 9.17) is 4.74 Å². The number of hydrogen-bond donors (Lipinski definition) is 1. The van der Waals surface area contributed by atoms with Gasteiger partial charge in [0.15, 0.2) is 0 Å². The minimum Gasteiger partial charge on any atom is -0.491 e. The summed E-state index contributed by atoms with van der Waals surface area (Å²) in [5.74, 6) is -0.378. The molecule has 0 radical (unpaired) electrons. The molecule has 0 saturated heterocycles. The van der Waals surface area contributed by atoms with Gasteiger partial charge in [-0.1, -0.05) is 32.0 Å². The number of amides is 2. The highest BCUT2D eigenvalue weighted by Crippen LogP contribution is 2.28. The Labute approximate surface area is 161 Å². The van der Waals surface area contributed by atoms with Crippen molar-refractivity contribution in [3.63, 3.8) is 0 Å². The number of non-ortho nitro benzene ring substituents is 1. The number of fused-ring (bicyclic) bond motifs is 1. The predicted octanol–water partition coefficient (Wildman–Crippen LogP) is 2.75. The molecule has 28 heavy (non-hydrogen) atoms. The van der Waals surface area contributed by atoms with Gasteiger partial charge in [0, 0.05) is 12.1 Å². The Morgan fingerprint density at radius 3 is 2.46 bits per heavy atom. The second-order valence-corrected chi connectivity index (χ2v) is 6.87. The number of β-amino-alcohol motifs (C(OH)–C–C–N with tert-alkyl or cyclic N) is 1. The smallest absolute Gasteiger partial charge is 0.270 e. The zero-order valence-corrected chi connectivity index (χ0v) is 15.5. The number of carbonyl (C=O) groups is 2. The summed E-state index contributed by atoms with van der Waals surface area (Å²) in [7, 11) is 0. The third kappa shape index (κ3) is 3.72. The summed E-state index contributed by atoms with van der Waals surface area (Å²) in [5, 5.41) is 21.2. The van der Waals surface area contributed by atoms with Crippen molar-refractivity contribution in [2.75, 3.05) is 13.2 Å². The van der Waals surface area contributed by atoms with Crippen molar-refractivity contribution < 1.29 is 24.4 Å². The zero-order chi connectivity index (χ0) is 20.4. The first-order valence-electron chi connectivity index (χ1n) is 8.84. The third-order valence-corrected chi connectivity index (χ3v) is 4.53. The average Bonchev–Trinajstić information content (AvgIpc) is 2.91. The maximum absolute atomic E-state index is 12.5. The zero-order valence-electron chi connectivity index (χ0n) is 15.5. The molecule has 1 aliphatic heterocycles. The van der Waals surface area contributed by atoms with Crippen LogP contribution in [0.2, 0.25) is 0 Å². The van der Waals surface area contributed by atoms with Crippen LogP contribution < -0.4 is 4.74 Å². The van der Waals surface area contributed by atoms with Crippen LogP contribution in [0.15, 0.2) is 42.5 Å². The molecule has 0 bridgehead atoms. The first kappa shape index (κ1) is 19.5. The molecule has 0 saturated carbocycles. The predicted molar refractivity (Wildman–Crippen MR) is 100 cm³/mol. The average molecular weight is 384 g/mol. The van der Waals surface area contributed by atoms with Crippen molar-refractivity contribution in [3.05, 3.63) is 69.3 Å². The first-order valence-corrected chi connectivity index (χ1v) is 8.84. The van der Waals surface area contributed by atoms with Gasteiger partial charge in [-0.05, 0) is 23.6 Å². The molecule has 8 heteroatoms. The summed E-state index contributed by atoms with van der Waals surface area (Å²) >= 11 is 0. The van der Waals surface area contributed by atoms with Gasteiger partial charge in [-0.3, -0.25) is 24.6 Å². The van der Waals surface area contributed by atoms with Crippen molar-refractivity contribution in [3.8, 4) is 5.75 Å². The molecule has 1 atom stereocenters. The van der Waals surface area contributed by atoms with Crippen LogP contribution in [0.5, 0.6) is 5.75 Å². The number of hydrogen-bond acceptors (Lipinski definition) is 6. The van der Waals surface area contributed by atoms with Crippen molar-refractivity contribution in [2.24, 2.45) is 0 Å². The van der Waals surface area contributed by atoms with Gasteiger partial charge < -0.3 is 9.84 Å². The van der Waals surface area contributed by atoms with Crippen LogP contribution in [0.1, 0.15) is 46.0 Å². The molecule has 3 rings (SSSR count). The number of aliphatic hydroxyl groups is 1. The Bertz CT molecular complexity index is 940. The van der Waals surface area contributed by atoms with Crippen molar-refractivity contribution in [1.82, 2.24) is 4.90 Å². The van der Waals surface area contributed by atoms with Gasteiger partial charge in [-0.2, -0.15) is 0 Å². The molecule has 0 aliphatic carbocycles. The van der Waals surface area contributed by atoms with E-state index in [0.29, 0.717) is 5.75 Å². The standard InChI is InChI=1S/C20H20N2O6/c1-12(2)15-5-3-4-6-18(15)28-11-14(23)10-21-19(24)16-8-7-13(22(26)27)9-17(16)20(21)25/h3-9,12,14,23H,10-11H2,1-2H3/t14-/m1/s1. The fourth-order valence-electron chi connectivity index (χ4n) is 3.10. The molecule has 0 unspecified atom stereocenters. The number of nitrogens with zero attached hydrogens (tertiary/aromatic N) is 2. The number of imide groups is 1. The molecular weight excluding hydrogens is 364 g/mol. The lowest BCUT2D eigenvalue weighted by Gasteiger charge is -2.20. The quantitative estimate of drug-likeness (QED) is 0.446. The molecule has 1 N–H and O–H groups in total. The maximum atomic E-state index is 12.5. The van der Waals surface area contributed by atoms with Crippen molar-refractivity contribution in [2.45, 2.75) is 25.9 Å². The number of rotatable bonds is 7. The van der Waals surface area contributed by atoms with Crippen LogP contribution in [-0.4, -0.2) is 46.0 Å². The van der Waals surface area contributed by atoms with E-state index in [1.165, 1.54) is 12.1 Å². The molecule has 8 nitrogen and oxygen atoms in total. The van der Waals surface area contributed by atoms with Gasteiger partial charge in [0.05, 0.1) is 22.6 Å². The number of carbonyl (C=O) groups excluding carboxylic acids is 2. The van der Waals surface area contributed by atoms with E-state index in [1.54, 1.807) is 6.07 Å². The van der Waals surface area contributed by atoms with E-state index in [-0.39, 0.29) is 35.9 Å². The largest absolute Gasteiger partial charge is 0.491 e. The maximum Gasteiger partial charge on any atom is 0.270 e. The lowest BCUT2D eigenvalue weighted by atomic mass is 10.0. The fourth-order valence-corrected chi connectivity index (χ4v) is 3.10. The molecule has 2 amide bonds. The minimum atomic E-state index is -1.10. The molecular formula is C20H20N2O6. The summed E-state index contributed by atoms with van der Waals surface area (Å²) in [6.07, 6.45) is -1.10. The van der Waals surface area contributed by atoms with Crippen molar-refractivity contribution >= 4 is 17.5 Å². The van der Waals surface area contributed by atoms with Crippen LogP contribution in [0.25, 0.3) is 0 Å². The van der Waals surface area contributed by atoms with Crippen LogP contribution in [0.4, 0.5) is 5.69 Å². The van der Waals surface area contributed by atoms with E-state index in [9.17, 15) is 24.8 Å². The first-order chi connectivity index (χ1) is 13.3. The van der Waals surface area contributed by atoms with E-state index < -0.39 is 22.8 Å². The Hall–Kier alpha value is -3.26. The van der Waals surface area contributed by atoms with Crippen LogP contribution in [-0.2, 0) is 0 Å². The van der Waals surface area contributed by atoms with Crippen LogP contribution in [0, 0.1) is 10.1 Å². The number of para-hydroxylation sites is 1. The number of nitro benzene ring substituents is 1. The van der Waals surface area contributed by atoms with E-state index in [0.717, 1.165) is 16.5 Å². The minimum absolute atomic E-state index is 0.0301. The van der Waals surface area contributed by atoms with Crippen molar-refractivity contribution in [1.29, 1.82) is 0 Å². The van der Waals surface area contributed by atoms with Gasteiger partial charge in [-0.15, -0.1) is 0 Å². The molecule has 1 heterocycles. The second-order valence-electron chi connectivity index (χ2n) is 6.87. The normalized spacial score (nSPS) is 14.4. The summed E-state index contributed by atoms with van der Waals surface area (Å²) in [6, 6.07) is 11.0. The highest BCUT2D eigenvalue weighted by atomic mass is 16.6. The van der Waals surface area contributed by atoms with Gasteiger partial charge in [-0.25, -0.2) is 0 Å². The molecule has 146 valence electrons. The van der Waals surface area contributed by atoms with Gasteiger partial charge in [0.25, 0.3) is 17.5 Å². The van der Waals surface area contributed by atoms with Crippen LogP contribution >= 0.6 is 0 Å². The Kier molecular flexibility index (Phi) is 5.41. The Morgan fingerprint density at radius 2 is 1.79 bits per heavy atom. The van der Waals surface area contributed by atoms with Crippen LogP contribution in [0.3, 0.4) is 0 Å². The number of benzene rings is 2. The summed E-state index contributed by atoms with van der Waals surface area (Å²) in [6.45, 7) is 3.69. The molecule has 0 spiro atoms. The van der Waals surface area contributed by atoms with E-state index in [1.807, 2.05) is 32.0 Å². The molecule has 1 aliphatic rings. The SMILES string of the molecule is CC(C)c1ccccc1OC[C@H](O)CN1C(=O)c2ccc([N+](=O)[O-])cc2C1=O. The second kappa shape index (κ2) is 7.77. The lowest BCUT2D eigenvalue weighted by Crippen LogP contribution is -2.39. The summed E-state index contributed by atoms with van der Waals surface area (Å²) < 4.78 is 5.68. The number of aliphatic hydroxyl groups excluding tert-OH is 1.